The molecule has 164 valence electrons. The van der Waals surface area contributed by atoms with Crippen LogP contribution in [0.5, 0.6) is 5.75 Å². The molecule has 2 aromatic carbocycles. The van der Waals surface area contributed by atoms with Crippen LogP contribution >= 0.6 is 0 Å². The molecule has 5 nitrogen and oxygen atoms in total. The van der Waals surface area contributed by atoms with E-state index in [0.29, 0.717) is 17.4 Å². The molecule has 0 spiro atoms. The molecule has 3 rings (SSSR count). The van der Waals surface area contributed by atoms with E-state index < -0.39 is 11.7 Å². The van der Waals surface area contributed by atoms with Crippen LogP contribution in [0, 0.1) is 0 Å². The van der Waals surface area contributed by atoms with E-state index in [1.165, 1.54) is 17.6 Å². The van der Waals surface area contributed by atoms with Gasteiger partial charge in [-0.05, 0) is 47.9 Å². The number of ether oxygens (including phenoxy) is 1. The first kappa shape index (κ1) is 22.4. The van der Waals surface area contributed by atoms with E-state index in [2.05, 4.69) is 23.8 Å². The van der Waals surface area contributed by atoms with Gasteiger partial charge >= 0.3 is 6.18 Å². The topological polar surface area (TPSA) is 41.5 Å². The van der Waals surface area contributed by atoms with Crippen molar-refractivity contribution >= 4 is 23.1 Å². The number of nitrogens with zero attached hydrogens (tertiary/aromatic N) is 4. The highest BCUT2D eigenvalue weighted by Crippen LogP contribution is 2.38. The van der Waals surface area contributed by atoms with Gasteiger partial charge in [-0.2, -0.15) is 18.2 Å². The predicted octanol–water partition coefficient (Wildman–Crippen LogP) is 6.16. The van der Waals surface area contributed by atoms with E-state index in [1.807, 2.05) is 24.3 Å². The summed E-state index contributed by atoms with van der Waals surface area (Å²) in [6, 6.07) is 14.5. The van der Waals surface area contributed by atoms with Gasteiger partial charge in [-0.15, -0.1) is 0 Å². The average molecular weight is 430 g/mol. The van der Waals surface area contributed by atoms with Gasteiger partial charge in [0.2, 0.25) is 5.95 Å². The molecule has 0 saturated carbocycles. The van der Waals surface area contributed by atoms with Crippen LogP contribution in [-0.2, 0) is 6.18 Å². The van der Waals surface area contributed by atoms with Crippen LogP contribution in [0.4, 0.5) is 36.3 Å². The Morgan fingerprint density at radius 1 is 0.871 bits per heavy atom. The van der Waals surface area contributed by atoms with E-state index in [-0.39, 0.29) is 11.8 Å². The van der Waals surface area contributed by atoms with Crippen molar-refractivity contribution in [1.82, 2.24) is 9.97 Å². The summed E-state index contributed by atoms with van der Waals surface area (Å²) in [6.45, 7) is 4.19. The zero-order valence-electron chi connectivity index (χ0n) is 18.1. The number of anilines is 4. The Hall–Kier alpha value is -3.29. The Kier molecular flexibility index (Phi) is 6.38. The van der Waals surface area contributed by atoms with Crippen molar-refractivity contribution in [2.24, 2.45) is 0 Å². The first-order valence-electron chi connectivity index (χ1n) is 9.77. The van der Waals surface area contributed by atoms with E-state index in [0.717, 1.165) is 11.9 Å². The van der Waals surface area contributed by atoms with E-state index in [9.17, 15) is 13.2 Å². The van der Waals surface area contributed by atoms with Crippen molar-refractivity contribution < 1.29 is 17.9 Å². The third-order valence-corrected chi connectivity index (χ3v) is 5.09. The number of alkyl halides is 3. The van der Waals surface area contributed by atoms with Crippen LogP contribution in [0.15, 0.2) is 54.7 Å². The van der Waals surface area contributed by atoms with Crippen LogP contribution in [0.2, 0.25) is 0 Å². The van der Waals surface area contributed by atoms with Crippen molar-refractivity contribution in [2.45, 2.75) is 25.9 Å². The quantitative estimate of drug-likeness (QED) is 0.468. The lowest BCUT2D eigenvalue weighted by molar-refractivity contribution is -0.137. The third kappa shape index (κ3) is 4.90. The van der Waals surface area contributed by atoms with Gasteiger partial charge < -0.3 is 14.5 Å². The maximum atomic E-state index is 13.7. The van der Waals surface area contributed by atoms with Crippen LogP contribution in [0.1, 0.15) is 30.9 Å². The molecule has 1 aromatic heterocycles. The molecule has 3 aromatic rings. The summed E-state index contributed by atoms with van der Waals surface area (Å²) in [7, 11) is 4.80. The highest BCUT2D eigenvalue weighted by molar-refractivity contribution is 5.66. The molecule has 0 unspecified atom stereocenters. The lowest BCUT2D eigenvalue weighted by atomic mass is 10.0. The minimum Gasteiger partial charge on any atom is -0.497 e. The predicted molar refractivity (Wildman–Crippen MR) is 117 cm³/mol. The van der Waals surface area contributed by atoms with Crippen LogP contribution < -0.4 is 14.5 Å². The molecule has 0 amide bonds. The smallest absolute Gasteiger partial charge is 0.421 e. The molecule has 0 aliphatic rings. The van der Waals surface area contributed by atoms with Gasteiger partial charge in [-0.1, -0.05) is 26.0 Å². The molecule has 0 aliphatic carbocycles. The highest BCUT2D eigenvalue weighted by atomic mass is 19.4. The zero-order valence-corrected chi connectivity index (χ0v) is 18.1. The van der Waals surface area contributed by atoms with Crippen molar-refractivity contribution in [2.75, 3.05) is 31.0 Å². The Balaban J connectivity index is 2.01. The number of benzene rings is 2. The summed E-state index contributed by atoms with van der Waals surface area (Å²) in [5, 5.41) is 0. The second kappa shape index (κ2) is 8.83. The summed E-state index contributed by atoms with van der Waals surface area (Å²) in [6.07, 6.45) is -3.76. The van der Waals surface area contributed by atoms with Gasteiger partial charge in [0.15, 0.2) is 5.82 Å². The highest BCUT2D eigenvalue weighted by Gasteiger charge is 2.37. The molecular formula is C23H25F3N4O. The summed E-state index contributed by atoms with van der Waals surface area (Å²) in [5.74, 6) is 0.932. The minimum atomic E-state index is -4.59. The monoisotopic (exact) mass is 430 g/mol. The van der Waals surface area contributed by atoms with E-state index in [4.69, 9.17) is 4.74 Å². The summed E-state index contributed by atoms with van der Waals surface area (Å²) < 4.78 is 46.2. The fourth-order valence-electron chi connectivity index (χ4n) is 3.11. The number of hydrogen-bond donors (Lipinski definition) is 0. The standard InChI is InChI=1S/C23H25F3N4O/c1-15(2)16-6-8-18(9-7-16)30(4)22-27-14-20(23(24,25)26)21(28-22)29(3)17-10-12-19(31-5)13-11-17/h6-15H,1-5H3. The van der Waals surface area contributed by atoms with Gasteiger partial charge in [0.25, 0.3) is 0 Å². The van der Waals surface area contributed by atoms with Gasteiger partial charge in [0, 0.05) is 31.7 Å². The molecular weight excluding hydrogens is 405 g/mol. The maximum Gasteiger partial charge on any atom is 0.421 e. The lowest BCUT2D eigenvalue weighted by Gasteiger charge is -2.25. The summed E-state index contributed by atoms with van der Waals surface area (Å²) >= 11 is 0. The fraction of sp³-hybridized carbons (Fsp3) is 0.304. The molecule has 31 heavy (non-hydrogen) atoms. The first-order chi connectivity index (χ1) is 14.6. The maximum absolute atomic E-state index is 13.7. The van der Waals surface area contributed by atoms with Crippen molar-refractivity contribution in [1.29, 1.82) is 0 Å². The Morgan fingerprint density at radius 2 is 1.42 bits per heavy atom. The van der Waals surface area contributed by atoms with Crippen molar-refractivity contribution in [3.05, 3.63) is 65.9 Å². The zero-order chi connectivity index (χ0) is 22.8. The van der Waals surface area contributed by atoms with Crippen LogP contribution in [-0.4, -0.2) is 31.2 Å². The number of halogens is 3. The third-order valence-electron chi connectivity index (χ3n) is 5.09. The molecule has 0 bridgehead atoms. The number of methoxy groups -OCH3 is 1. The van der Waals surface area contributed by atoms with E-state index in [1.54, 1.807) is 43.3 Å². The normalized spacial score (nSPS) is 11.5. The Labute approximate surface area is 180 Å². The molecule has 1 heterocycles. The lowest BCUT2D eigenvalue weighted by Crippen LogP contribution is -2.21. The molecule has 0 aliphatic heterocycles. The number of hydrogen-bond acceptors (Lipinski definition) is 5. The van der Waals surface area contributed by atoms with Gasteiger partial charge in [0.1, 0.15) is 11.3 Å². The van der Waals surface area contributed by atoms with Gasteiger partial charge in [-0.25, -0.2) is 4.98 Å². The average Bonchev–Trinajstić information content (AvgIpc) is 2.77. The van der Waals surface area contributed by atoms with Gasteiger partial charge in [-0.3, -0.25) is 0 Å². The molecule has 0 atom stereocenters. The largest absolute Gasteiger partial charge is 0.497 e. The molecule has 0 fully saturated rings. The Bertz CT molecular complexity index is 1020. The number of aromatic nitrogens is 2. The number of rotatable bonds is 6. The second-order valence-corrected chi connectivity index (χ2v) is 7.47. The van der Waals surface area contributed by atoms with Gasteiger partial charge in [0.05, 0.1) is 7.11 Å². The molecule has 0 saturated heterocycles. The minimum absolute atomic E-state index is 0.167. The second-order valence-electron chi connectivity index (χ2n) is 7.47. The van der Waals surface area contributed by atoms with Crippen molar-refractivity contribution in [3.63, 3.8) is 0 Å². The molecule has 0 radical (unpaired) electrons. The Morgan fingerprint density at radius 3 is 1.94 bits per heavy atom. The summed E-state index contributed by atoms with van der Waals surface area (Å²) in [5.41, 5.74) is 1.59. The van der Waals surface area contributed by atoms with Crippen molar-refractivity contribution in [3.8, 4) is 5.75 Å². The van der Waals surface area contributed by atoms with E-state index >= 15 is 0 Å². The fourth-order valence-corrected chi connectivity index (χ4v) is 3.11. The summed E-state index contributed by atoms with van der Waals surface area (Å²) in [4.78, 5) is 11.3. The first-order valence-corrected chi connectivity index (χ1v) is 9.77. The van der Waals surface area contributed by atoms with Crippen LogP contribution in [0.25, 0.3) is 0 Å². The molecule has 8 heteroatoms. The molecule has 0 N–H and O–H groups in total. The van der Waals surface area contributed by atoms with Crippen LogP contribution in [0.3, 0.4) is 0 Å². The SMILES string of the molecule is COc1ccc(N(C)c2nc(N(C)c3ccc(C(C)C)cc3)ncc2C(F)(F)F)cc1.